The first-order valence-corrected chi connectivity index (χ1v) is 8.51. The molecule has 7 heteroatoms. The van der Waals surface area contributed by atoms with Gasteiger partial charge in [0.25, 0.3) is 5.69 Å². The molecule has 4 rings (SSSR count). The largest absolute Gasteiger partial charge is 0.357 e. The molecule has 0 N–H and O–H groups in total. The monoisotopic (exact) mass is 343 g/mol. The molecular weight excluding hydrogens is 329 g/mol. The maximum Gasteiger partial charge on any atom is 0.295 e. The second-order valence-corrected chi connectivity index (χ2v) is 6.82. The molecule has 0 amide bonds. The highest BCUT2D eigenvalue weighted by atomic mass is 32.1. The average Bonchev–Trinajstić information content (AvgIpc) is 3.20. The van der Waals surface area contributed by atoms with E-state index >= 15 is 0 Å². The number of fused-ring (bicyclic) bond motifs is 1. The third-order valence-corrected chi connectivity index (χ3v) is 5.43. The summed E-state index contributed by atoms with van der Waals surface area (Å²) in [5, 5.41) is 12.3. The van der Waals surface area contributed by atoms with Crippen molar-refractivity contribution >= 4 is 32.9 Å². The van der Waals surface area contributed by atoms with Crippen LogP contribution in [-0.4, -0.2) is 16.5 Å². The van der Waals surface area contributed by atoms with E-state index in [1.54, 1.807) is 11.3 Å². The van der Waals surface area contributed by atoms with E-state index in [0.717, 1.165) is 34.1 Å². The summed E-state index contributed by atoms with van der Waals surface area (Å²) in [4.78, 5) is 17.5. The van der Waals surface area contributed by atoms with Gasteiger partial charge in [-0.2, -0.15) is 0 Å². The Morgan fingerprint density at radius 2 is 2.12 bits per heavy atom. The van der Waals surface area contributed by atoms with Gasteiger partial charge in [-0.15, -0.1) is 11.3 Å². The molecular formula is C17H14FN3O2S. The maximum atomic E-state index is 13.4. The molecule has 5 nitrogen and oxygen atoms in total. The predicted octanol–water partition coefficient (Wildman–Crippen LogP) is 4.69. The van der Waals surface area contributed by atoms with Gasteiger partial charge in [-0.1, -0.05) is 12.1 Å². The SMILES string of the molecule is O=[N+]([O-])c1cc(F)ccc1N1CCC[C@@H]1c1nc2ccccc2s1. The van der Waals surface area contributed by atoms with Crippen molar-refractivity contribution in [1.82, 2.24) is 4.98 Å². The van der Waals surface area contributed by atoms with E-state index in [2.05, 4.69) is 0 Å². The summed E-state index contributed by atoms with van der Waals surface area (Å²) in [6.45, 7) is 0.701. The van der Waals surface area contributed by atoms with Crippen molar-refractivity contribution in [2.45, 2.75) is 18.9 Å². The highest BCUT2D eigenvalue weighted by Crippen LogP contribution is 2.42. The number of para-hydroxylation sites is 1. The number of rotatable bonds is 3. The molecule has 1 atom stereocenters. The molecule has 1 aliphatic rings. The van der Waals surface area contributed by atoms with Gasteiger partial charge < -0.3 is 4.90 Å². The third-order valence-electron chi connectivity index (χ3n) is 4.29. The lowest BCUT2D eigenvalue weighted by atomic mass is 10.2. The molecule has 1 aromatic heterocycles. The smallest absolute Gasteiger partial charge is 0.295 e. The van der Waals surface area contributed by atoms with Crippen LogP contribution in [-0.2, 0) is 0 Å². The standard InChI is InChI=1S/C17H14FN3O2S/c18-11-7-8-13(15(10-11)21(22)23)20-9-3-5-14(20)17-19-12-4-1-2-6-16(12)24-17/h1-2,4,6-8,10,14H,3,5,9H2/t14-/m1/s1. The zero-order valence-electron chi connectivity index (χ0n) is 12.7. The average molecular weight is 343 g/mol. The molecule has 0 spiro atoms. The number of nitro groups is 1. The van der Waals surface area contributed by atoms with Gasteiger partial charge >= 0.3 is 0 Å². The number of halogens is 1. The number of benzene rings is 2. The quantitative estimate of drug-likeness (QED) is 0.511. The Kier molecular flexibility index (Phi) is 3.65. The van der Waals surface area contributed by atoms with Crippen molar-refractivity contribution < 1.29 is 9.31 Å². The topological polar surface area (TPSA) is 59.3 Å². The third kappa shape index (κ3) is 2.50. The van der Waals surface area contributed by atoms with Gasteiger partial charge in [-0.3, -0.25) is 10.1 Å². The summed E-state index contributed by atoms with van der Waals surface area (Å²) in [7, 11) is 0. The van der Waals surface area contributed by atoms with Crippen molar-refractivity contribution in [3.05, 3.63) is 63.4 Å². The van der Waals surface area contributed by atoms with Crippen molar-refractivity contribution in [3.63, 3.8) is 0 Å². The summed E-state index contributed by atoms with van der Waals surface area (Å²) in [5.74, 6) is -0.596. The van der Waals surface area contributed by atoms with Crippen LogP contribution in [0.3, 0.4) is 0 Å². The molecule has 122 valence electrons. The molecule has 3 aromatic rings. The molecule has 1 aliphatic heterocycles. The summed E-state index contributed by atoms with van der Waals surface area (Å²) in [6, 6.07) is 11.7. The van der Waals surface area contributed by atoms with Gasteiger partial charge in [-0.05, 0) is 37.1 Å². The Bertz CT molecular complexity index is 894. The Morgan fingerprint density at radius 1 is 1.29 bits per heavy atom. The first-order valence-electron chi connectivity index (χ1n) is 7.69. The minimum absolute atomic E-state index is 0.00781. The number of hydrogen-bond donors (Lipinski definition) is 0. The summed E-state index contributed by atoms with van der Waals surface area (Å²) < 4.78 is 14.5. The molecule has 24 heavy (non-hydrogen) atoms. The number of nitrogens with zero attached hydrogens (tertiary/aromatic N) is 3. The first kappa shape index (κ1) is 15.0. The van der Waals surface area contributed by atoms with E-state index in [1.807, 2.05) is 29.2 Å². The van der Waals surface area contributed by atoms with E-state index in [-0.39, 0.29) is 11.7 Å². The Labute approximate surface area is 141 Å². The van der Waals surface area contributed by atoms with Crippen LogP contribution >= 0.6 is 11.3 Å². The van der Waals surface area contributed by atoms with Gasteiger partial charge in [0.1, 0.15) is 16.5 Å². The van der Waals surface area contributed by atoms with Crippen molar-refractivity contribution in [1.29, 1.82) is 0 Å². The molecule has 1 fully saturated rings. The molecule has 2 aromatic carbocycles. The number of nitro benzene ring substituents is 1. The Hall–Kier alpha value is -2.54. The first-order chi connectivity index (χ1) is 11.6. The number of anilines is 1. The number of thiazole rings is 1. The van der Waals surface area contributed by atoms with Crippen LogP contribution in [0.5, 0.6) is 0 Å². The van der Waals surface area contributed by atoms with Crippen molar-refractivity contribution in [2.75, 3.05) is 11.4 Å². The second-order valence-electron chi connectivity index (χ2n) is 5.76. The molecule has 0 unspecified atom stereocenters. The lowest BCUT2D eigenvalue weighted by molar-refractivity contribution is -0.384. The number of hydrogen-bond acceptors (Lipinski definition) is 5. The second kappa shape index (κ2) is 5.83. The fraction of sp³-hybridized carbons (Fsp3) is 0.235. The minimum Gasteiger partial charge on any atom is -0.357 e. The minimum atomic E-state index is -0.596. The van der Waals surface area contributed by atoms with Crippen LogP contribution in [0.4, 0.5) is 15.8 Å². The van der Waals surface area contributed by atoms with E-state index in [0.29, 0.717) is 12.2 Å². The Morgan fingerprint density at radius 3 is 2.92 bits per heavy atom. The van der Waals surface area contributed by atoms with Crippen LogP contribution in [0.15, 0.2) is 42.5 Å². The van der Waals surface area contributed by atoms with Crippen LogP contribution in [0.1, 0.15) is 23.9 Å². The fourth-order valence-electron chi connectivity index (χ4n) is 3.23. The summed E-state index contributed by atoms with van der Waals surface area (Å²) in [6.07, 6.45) is 1.81. The lowest BCUT2D eigenvalue weighted by Gasteiger charge is -2.24. The van der Waals surface area contributed by atoms with Crippen LogP contribution < -0.4 is 4.90 Å². The zero-order valence-corrected chi connectivity index (χ0v) is 13.5. The highest BCUT2D eigenvalue weighted by molar-refractivity contribution is 7.18. The Balaban J connectivity index is 1.77. The van der Waals surface area contributed by atoms with Gasteiger partial charge in [0.2, 0.25) is 0 Å². The molecule has 1 saturated heterocycles. The van der Waals surface area contributed by atoms with E-state index < -0.39 is 10.7 Å². The molecule has 0 saturated carbocycles. The van der Waals surface area contributed by atoms with Gasteiger partial charge in [0, 0.05) is 6.54 Å². The van der Waals surface area contributed by atoms with Gasteiger partial charge in [0.05, 0.1) is 27.2 Å². The summed E-state index contributed by atoms with van der Waals surface area (Å²) >= 11 is 1.61. The predicted molar refractivity (Wildman–Crippen MR) is 92.0 cm³/mol. The van der Waals surface area contributed by atoms with E-state index in [1.165, 1.54) is 12.1 Å². The molecule has 0 bridgehead atoms. The maximum absolute atomic E-state index is 13.4. The summed E-state index contributed by atoms with van der Waals surface area (Å²) in [5.41, 5.74) is 1.21. The normalized spacial score (nSPS) is 17.5. The van der Waals surface area contributed by atoms with E-state index in [9.17, 15) is 14.5 Å². The van der Waals surface area contributed by atoms with Gasteiger partial charge in [-0.25, -0.2) is 9.37 Å². The van der Waals surface area contributed by atoms with Crippen LogP contribution in [0.25, 0.3) is 10.2 Å². The lowest BCUT2D eigenvalue weighted by Crippen LogP contribution is -2.23. The molecule has 0 aliphatic carbocycles. The van der Waals surface area contributed by atoms with Crippen molar-refractivity contribution in [3.8, 4) is 0 Å². The molecule has 0 radical (unpaired) electrons. The van der Waals surface area contributed by atoms with E-state index in [4.69, 9.17) is 4.98 Å². The highest BCUT2D eigenvalue weighted by Gasteiger charge is 2.33. The number of aromatic nitrogens is 1. The molecule has 2 heterocycles. The van der Waals surface area contributed by atoms with Crippen LogP contribution in [0, 0.1) is 15.9 Å². The zero-order chi connectivity index (χ0) is 16.7. The fourth-order valence-corrected chi connectivity index (χ4v) is 4.35. The van der Waals surface area contributed by atoms with Gasteiger partial charge in [0.15, 0.2) is 0 Å². The van der Waals surface area contributed by atoms with Crippen LogP contribution in [0.2, 0.25) is 0 Å². The van der Waals surface area contributed by atoms with Crippen molar-refractivity contribution in [2.24, 2.45) is 0 Å².